The molecular formula is C29H26N2O3. The smallest absolute Gasteiger partial charge is 0.228 e. The molecule has 1 aromatic heterocycles. The number of phenolic OH excluding ortho intramolecular Hbond substituents is 1. The highest BCUT2D eigenvalue weighted by molar-refractivity contribution is 6.08. The van der Waals surface area contributed by atoms with Crippen molar-refractivity contribution in [1.29, 1.82) is 0 Å². The molecule has 5 nitrogen and oxygen atoms in total. The highest BCUT2D eigenvalue weighted by Gasteiger charge is 2.24. The van der Waals surface area contributed by atoms with E-state index in [1.807, 2.05) is 18.2 Å². The van der Waals surface area contributed by atoms with Crippen LogP contribution in [0.3, 0.4) is 0 Å². The van der Waals surface area contributed by atoms with E-state index in [1.54, 1.807) is 18.2 Å². The van der Waals surface area contributed by atoms with Gasteiger partial charge in [0.15, 0.2) is 5.78 Å². The molecule has 0 fully saturated rings. The summed E-state index contributed by atoms with van der Waals surface area (Å²) in [4.78, 5) is 28.8. The molecule has 0 saturated carbocycles. The predicted octanol–water partition coefficient (Wildman–Crippen LogP) is 6.23. The number of phenols is 1. The molecular weight excluding hydrogens is 424 g/mol. The monoisotopic (exact) mass is 450 g/mol. The average molecular weight is 451 g/mol. The van der Waals surface area contributed by atoms with E-state index in [0.29, 0.717) is 12.0 Å². The van der Waals surface area contributed by atoms with E-state index in [9.17, 15) is 14.7 Å². The number of hydrogen-bond donors (Lipinski definition) is 3. The van der Waals surface area contributed by atoms with Gasteiger partial charge in [0.05, 0.1) is 17.8 Å². The average Bonchev–Trinajstić information content (AvgIpc) is 3.08. The molecule has 1 aliphatic heterocycles. The maximum absolute atomic E-state index is 12.7. The molecule has 0 atom stereocenters. The lowest BCUT2D eigenvalue weighted by molar-refractivity contribution is -0.115. The standard InChI is InChI=1S/C29H26N2O3/c1-29(2,3)19-8-12-24-21(15-19)22-16-27(34)30-25-11-4-17(14-23(25)28(22)31-24)5-13-26(33)18-6-9-20(32)10-7-18/h4-15,31-32H,16H2,1-3H3,(H,30,34)/b13-5+. The molecule has 0 radical (unpaired) electrons. The number of ketones is 1. The molecule has 5 rings (SSSR count). The van der Waals surface area contributed by atoms with Crippen molar-refractivity contribution in [3.05, 3.63) is 89.0 Å². The van der Waals surface area contributed by atoms with Crippen LogP contribution in [0.4, 0.5) is 5.69 Å². The molecule has 0 unspecified atom stereocenters. The van der Waals surface area contributed by atoms with Crippen LogP contribution < -0.4 is 5.32 Å². The number of H-pyrrole nitrogens is 1. The Morgan fingerprint density at radius 3 is 2.50 bits per heavy atom. The highest BCUT2D eigenvalue weighted by atomic mass is 16.3. The Balaban J connectivity index is 1.57. The SMILES string of the molecule is CC(C)(C)c1ccc2[nH]c3c(c2c1)CC(=O)Nc1ccc(/C=C/C(=O)c2ccc(O)cc2)cc1-3. The summed E-state index contributed by atoms with van der Waals surface area (Å²) < 4.78 is 0. The van der Waals surface area contributed by atoms with E-state index in [4.69, 9.17) is 0 Å². The number of fused-ring (bicyclic) bond motifs is 5. The van der Waals surface area contributed by atoms with Crippen molar-refractivity contribution in [3.8, 4) is 17.0 Å². The summed E-state index contributed by atoms with van der Waals surface area (Å²) in [6, 6.07) is 18.3. The summed E-state index contributed by atoms with van der Waals surface area (Å²) in [5.74, 6) is -0.0748. The fourth-order valence-corrected chi connectivity index (χ4v) is 4.36. The lowest BCUT2D eigenvalue weighted by Gasteiger charge is -2.19. The number of rotatable bonds is 3. The van der Waals surface area contributed by atoms with E-state index >= 15 is 0 Å². The third-order valence-corrected chi connectivity index (χ3v) is 6.28. The van der Waals surface area contributed by atoms with Crippen molar-refractivity contribution in [2.45, 2.75) is 32.6 Å². The number of amides is 1. The molecule has 0 saturated heterocycles. The van der Waals surface area contributed by atoms with Crippen molar-refractivity contribution in [2.75, 3.05) is 5.32 Å². The van der Waals surface area contributed by atoms with Crippen LogP contribution in [0.1, 0.15) is 47.8 Å². The fraction of sp³-hybridized carbons (Fsp3) is 0.172. The normalized spacial score (nSPS) is 13.4. The van der Waals surface area contributed by atoms with Gasteiger partial charge < -0.3 is 15.4 Å². The van der Waals surface area contributed by atoms with Crippen LogP contribution in [0, 0.1) is 0 Å². The first-order chi connectivity index (χ1) is 16.2. The second kappa shape index (κ2) is 8.03. The van der Waals surface area contributed by atoms with Crippen molar-refractivity contribution < 1.29 is 14.7 Å². The Bertz CT molecular complexity index is 1470. The first kappa shape index (κ1) is 21.7. The Kier molecular flexibility index (Phi) is 5.13. The molecule has 1 amide bonds. The Morgan fingerprint density at radius 2 is 1.76 bits per heavy atom. The minimum atomic E-state index is -0.149. The van der Waals surface area contributed by atoms with Gasteiger partial charge in [-0.1, -0.05) is 39.0 Å². The van der Waals surface area contributed by atoms with Gasteiger partial charge in [-0.2, -0.15) is 0 Å². The number of aromatic nitrogens is 1. The molecule has 2 heterocycles. The zero-order valence-electron chi connectivity index (χ0n) is 19.4. The summed E-state index contributed by atoms with van der Waals surface area (Å²) in [6.07, 6.45) is 3.58. The molecule has 0 aliphatic carbocycles. The van der Waals surface area contributed by atoms with Crippen molar-refractivity contribution in [3.63, 3.8) is 0 Å². The Labute approximate surface area is 198 Å². The number of benzene rings is 3. The first-order valence-electron chi connectivity index (χ1n) is 11.3. The van der Waals surface area contributed by atoms with Crippen molar-refractivity contribution in [2.24, 2.45) is 0 Å². The molecule has 0 spiro atoms. The van der Waals surface area contributed by atoms with E-state index in [1.165, 1.54) is 23.8 Å². The first-order valence-corrected chi connectivity index (χ1v) is 11.3. The molecule has 3 N–H and O–H groups in total. The zero-order valence-corrected chi connectivity index (χ0v) is 19.4. The molecule has 4 aromatic rings. The topological polar surface area (TPSA) is 82.2 Å². The minimum Gasteiger partial charge on any atom is -0.508 e. The second-order valence-electron chi connectivity index (χ2n) is 9.76. The lowest BCUT2D eigenvalue weighted by Crippen LogP contribution is -2.13. The predicted molar refractivity (Wildman–Crippen MR) is 136 cm³/mol. The summed E-state index contributed by atoms with van der Waals surface area (Å²) in [7, 11) is 0. The van der Waals surface area contributed by atoms with Crippen LogP contribution in [0.25, 0.3) is 28.2 Å². The van der Waals surface area contributed by atoms with Crippen LogP contribution in [0.5, 0.6) is 5.75 Å². The number of carbonyl (C=O) groups excluding carboxylic acids is 2. The van der Waals surface area contributed by atoms with Crippen molar-refractivity contribution >= 4 is 34.4 Å². The van der Waals surface area contributed by atoms with Crippen LogP contribution in [0.2, 0.25) is 0 Å². The third-order valence-electron chi connectivity index (χ3n) is 6.28. The largest absolute Gasteiger partial charge is 0.508 e. The number of allylic oxidation sites excluding steroid dienone is 1. The Morgan fingerprint density at radius 1 is 1.00 bits per heavy atom. The molecule has 5 heteroatoms. The molecule has 1 aliphatic rings. The number of aromatic hydroxyl groups is 1. The van der Waals surface area contributed by atoms with Crippen LogP contribution >= 0.6 is 0 Å². The van der Waals surface area contributed by atoms with Gasteiger partial charge in [0.2, 0.25) is 5.91 Å². The number of nitrogens with one attached hydrogen (secondary N) is 2. The molecule has 34 heavy (non-hydrogen) atoms. The van der Waals surface area contributed by atoms with Gasteiger partial charge in [-0.05, 0) is 76.7 Å². The highest BCUT2D eigenvalue weighted by Crippen LogP contribution is 2.39. The molecule has 170 valence electrons. The number of aromatic amines is 1. The summed E-state index contributed by atoms with van der Waals surface area (Å²) in [5.41, 5.74) is 7.13. The van der Waals surface area contributed by atoms with E-state index in [2.05, 4.69) is 49.3 Å². The summed E-state index contributed by atoms with van der Waals surface area (Å²) in [6.45, 7) is 6.54. The van der Waals surface area contributed by atoms with Gasteiger partial charge in [0.25, 0.3) is 0 Å². The second-order valence-corrected chi connectivity index (χ2v) is 9.76. The van der Waals surface area contributed by atoms with Gasteiger partial charge in [0, 0.05) is 22.0 Å². The summed E-state index contributed by atoms with van der Waals surface area (Å²) in [5, 5.41) is 13.5. The van der Waals surface area contributed by atoms with Crippen LogP contribution in [-0.2, 0) is 16.6 Å². The minimum absolute atomic E-state index is 0.00520. The lowest BCUT2D eigenvalue weighted by atomic mass is 9.86. The van der Waals surface area contributed by atoms with Gasteiger partial charge in [0.1, 0.15) is 5.75 Å². The van der Waals surface area contributed by atoms with Gasteiger partial charge in [-0.25, -0.2) is 0 Å². The Hall–Kier alpha value is -4.12. The molecule has 0 bridgehead atoms. The maximum Gasteiger partial charge on any atom is 0.228 e. The van der Waals surface area contributed by atoms with Crippen LogP contribution in [0.15, 0.2) is 66.7 Å². The number of carbonyl (C=O) groups is 2. The van der Waals surface area contributed by atoms with E-state index in [-0.39, 0.29) is 22.9 Å². The fourth-order valence-electron chi connectivity index (χ4n) is 4.36. The van der Waals surface area contributed by atoms with E-state index < -0.39 is 0 Å². The maximum atomic E-state index is 12.7. The third kappa shape index (κ3) is 4.01. The number of hydrogen-bond acceptors (Lipinski definition) is 3. The van der Waals surface area contributed by atoms with Crippen LogP contribution in [-0.4, -0.2) is 21.8 Å². The summed E-state index contributed by atoms with van der Waals surface area (Å²) >= 11 is 0. The van der Waals surface area contributed by atoms with Gasteiger partial charge in [-0.15, -0.1) is 0 Å². The molecule has 3 aromatic carbocycles. The zero-order chi connectivity index (χ0) is 24.0. The number of anilines is 1. The van der Waals surface area contributed by atoms with Crippen molar-refractivity contribution in [1.82, 2.24) is 4.98 Å². The van der Waals surface area contributed by atoms with Gasteiger partial charge >= 0.3 is 0 Å². The quantitative estimate of drug-likeness (QED) is 0.256. The van der Waals surface area contributed by atoms with E-state index in [0.717, 1.165) is 39.0 Å². The van der Waals surface area contributed by atoms with Gasteiger partial charge in [-0.3, -0.25) is 9.59 Å².